The van der Waals surface area contributed by atoms with Crippen molar-refractivity contribution in [1.82, 2.24) is 5.32 Å². The number of sulfone groups is 1. The van der Waals surface area contributed by atoms with E-state index in [0.29, 0.717) is 0 Å². The Morgan fingerprint density at radius 1 is 1.55 bits per heavy atom. The number of carboxylic acid groups (broad SMARTS) is 1. The molecule has 0 aliphatic heterocycles. The van der Waals surface area contributed by atoms with E-state index in [0.717, 1.165) is 0 Å². The van der Waals surface area contributed by atoms with E-state index >= 15 is 0 Å². The molecule has 2 N–H and O–H groups in total. The number of carbonyl (C=O) groups is 1. The summed E-state index contributed by atoms with van der Waals surface area (Å²) >= 11 is 0. The number of rotatable bonds is 4. The van der Waals surface area contributed by atoms with E-state index in [1.165, 1.54) is 6.92 Å². The van der Waals surface area contributed by atoms with Gasteiger partial charge in [-0.05, 0) is 0 Å². The second-order valence-electron chi connectivity index (χ2n) is 1.97. The van der Waals surface area contributed by atoms with Gasteiger partial charge in [0.05, 0.1) is 5.75 Å². The molecule has 0 bridgehead atoms. The molecule has 11 heavy (non-hydrogen) atoms. The summed E-state index contributed by atoms with van der Waals surface area (Å²) in [6.07, 6.45) is -1.20. The van der Waals surface area contributed by atoms with Gasteiger partial charge in [0.25, 0.3) is 0 Å². The number of amides is 1. The van der Waals surface area contributed by atoms with Crippen LogP contribution in [0.2, 0.25) is 0 Å². The van der Waals surface area contributed by atoms with Crippen LogP contribution in [0.5, 0.6) is 0 Å². The Hall–Kier alpha value is -0.780. The predicted octanol–water partition coefficient (Wildman–Crippen LogP) is -0.311. The van der Waals surface area contributed by atoms with E-state index < -0.39 is 15.9 Å². The molecule has 0 aliphatic carbocycles. The normalized spacial score (nSPS) is 11.0. The van der Waals surface area contributed by atoms with E-state index in [1.807, 2.05) is 5.32 Å². The molecule has 0 rings (SSSR count). The first-order chi connectivity index (χ1) is 4.98. The third-order valence-corrected chi connectivity index (χ3v) is 2.83. The highest BCUT2D eigenvalue weighted by atomic mass is 32.2. The molecule has 1 amide bonds. The van der Waals surface area contributed by atoms with Crippen LogP contribution in [0.1, 0.15) is 6.92 Å². The Bertz CT molecular complexity index is 221. The molecule has 0 heterocycles. The van der Waals surface area contributed by atoms with E-state index in [2.05, 4.69) is 0 Å². The average molecular weight is 181 g/mol. The molecule has 0 spiro atoms. The van der Waals surface area contributed by atoms with Gasteiger partial charge in [-0.3, -0.25) is 0 Å². The van der Waals surface area contributed by atoms with Crippen LogP contribution >= 0.6 is 0 Å². The fraction of sp³-hybridized carbons (Fsp3) is 0.800. The largest absolute Gasteiger partial charge is 0.465 e. The van der Waals surface area contributed by atoms with E-state index in [4.69, 9.17) is 5.11 Å². The number of hydrogen-bond donors (Lipinski definition) is 2. The highest BCUT2D eigenvalue weighted by Crippen LogP contribution is 1.86. The minimum Gasteiger partial charge on any atom is -0.465 e. The molecular formula is C5H11NO4S. The second kappa shape index (κ2) is 4.17. The first-order valence-electron chi connectivity index (χ1n) is 3.15. The summed E-state index contributed by atoms with van der Waals surface area (Å²) in [5.41, 5.74) is 0. The van der Waals surface area contributed by atoms with Gasteiger partial charge in [-0.1, -0.05) is 6.92 Å². The molecular weight excluding hydrogens is 170 g/mol. The average Bonchev–Trinajstić information content (AvgIpc) is 1.87. The van der Waals surface area contributed by atoms with Gasteiger partial charge >= 0.3 is 6.09 Å². The van der Waals surface area contributed by atoms with Gasteiger partial charge < -0.3 is 10.4 Å². The van der Waals surface area contributed by atoms with Gasteiger partial charge in [-0.2, -0.15) is 0 Å². The van der Waals surface area contributed by atoms with Crippen LogP contribution in [0.4, 0.5) is 4.79 Å². The van der Waals surface area contributed by atoms with Crippen molar-refractivity contribution in [1.29, 1.82) is 0 Å². The van der Waals surface area contributed by atoms with Crippen LogP contribution in [0.3, 0.4) is 0 Å². The lowest BCUT2D eigenvalue weighted by Gasteiger charge is -1.99. The summed E-state index contributed by atoms with van der Waals surface area (Å²) in [6.45, 7) is 1.49. The van der Waals surface area contributed by atoms with Crippen LogP contribution in [-0.4, -0.2) is 37.7 Å². The van der Waals surface area contributed by atoms with Gasteiger partial charge in [0.15, 0.2) is 9.84 Å². The SMILES string of the molecule is CCS(=O)(=O)CCNC(=O)O. The molecule has 66 valence electrons. The fourth-order valence-electron chi connectivity index (χ4n) is 0.458. The third-order valence-electron chi connectivity index (χ3n) is 1.13. The first-order valence-corrected chi connectivity index (χ1v) is 4.97. The summed E-state index contributed by atoms with van der Waals surface area (Å²) in [7, 11) is -3.04. The molecule has 0 atom stereocenters. The Kier molecular flexibility index (Phi) is 3.88. The van der Waals surface area contributed by atoms with Crippen LogP contribution in [0, 0.1) is 0 Å². The minimum atomic E-state index is -3.04. The molecule has 0 saturated heterocycles. The molecule has 0 aromatic rings. The Morgan fingerprint density at radius 3 is 2.45 bits per heavy atom. The molecule has 0 aromatic carbocycles. The third kappa shape index (κ3) is 5.65. The quantitative estimate of drug-likeness (QED) is 0.623. The Morgan fingerprint density at radius 2 is 2.09 bits per heavy atom. The standard InChI is InChI=1S/C5H11NO4S/c1-2-11(9,10)4-3-6-5(7)8/h6H,2-4H2,1H3,(H,7,8). The number of nitrogens with one attached hydrogen (secondary N) is 1. The molecule has 6 heteroatoms. The van der Waals surface area contributed by atoms with E-state index in [9.17, 15) is 13.2 Å². The highest BCUT2D eigenvalue weighted by molar-refractivity contribution is 7.91. The molecule has 0 aromatic heterocycles. The van der Waals surface area contributed by atoms with Crippen molar-refractivity contribution in [2.45, 2.75) is 6.92 Å². The fourth-order valence-corrected chi connectivity index (χ4v) is 1.16. The zero-order valence-electron chi connectivity index (χ0n) is 6.20. The summed E-state index contributed by atoms with van der Waals surface area (Å²) in [5.74, 6) is -0.0793. The predicted molar refractivity (Wildman–Crippen MR) is 40.4 cm³/mol. The molecule has 5 nitrogen and oxygen atoms in total. The van der Waals surface area contributed by atoms with Crippen molar-refractivity contribution in [2.75, 3.05) is 18.1 Å². The zero-order valence-corrected chi connectivity index (χ0v) is 7.02. The molecule has 0 aliphatic rings. The van der Waals surface area contributed by atoms with Crippen molar-refractivity contribution in [2.24, 2.45) is 0 Å². The number of hydrogen-bond acceptors (Lipinski definition) is 3. The maximum atomic E-state index is 10.7. The van der Waals surface area contributed by atoms with Crippen LogP contribution in [0.25, 0.3) is 0 Å². The lowest BCUT2D eigenvalue weighted by atomic mass is 10.7. The second-order valence-corrected chi connectivity index (χ2v) is 4.44. The smallest absolute Gasteiger partial charge is 0.404 e. The molecule has 0 radical (unpaired) electrons. The van der Waals surface area contributed by atoms with Crippen molar-refractivity contribution >= 4 is 15.9 Å². The monoisotopic (exact) mass is 181 g/mol. The van der Waals surface area contributed by atoms with Crippen molar-refractivity contribution < 1.29 is 18.3 Å². The van der Waals surface area contributed by atoms with Gasteiger partial charge in [0.2, 0.25) is 0 Å². The lowest BCUT2D eigenvalue weighted by Crippen LogP contribution is -2.27. The Labute approximate surface area is 65.3 Å². The highest BCUT2D eigenvalue weighted by Gasteiger charge is 2.06. The van der Waals surface area contributed by atoms with Gasteiger partial charge in [0, 0.05) is 12.3 Å². The Balaban J connectivity index is 3.63. The van der Waals surface area contributed by atoms with Crippen LogP contribution in [0.15, 0.2) is 0 Å². The summed E-state index contributed by atoms with van der Waals surface area (Å²) in [6, 6.07) is 0. The lowest BCUT2D eigenvalue weighted by molar-refractivity contribution is 0.195. The van der Waals surface area contributed by atoms with Gasteiger partial charge in [-0.15, -0.1) is 0 Å². The first kappa shape index (κ1) is 10.2. The minimum absolute atomic E-state index is 0.0362. The molecule has 0 fully saturated rings. The van der Waals surface area contributed by atoms with Crippen LogP contribution in [-0.2, 0) is 9.84 Å². The topological polar surface area (TPSA) is 83.5 Å². The molecule has 0 saturated carbocycles. The van der Waals surface area contributed by atoms with Crippen molar-refractivity contribution in [3.8, 4) is 0 Å². The van der Waals surface area contributed by atoms with E-state index in [-0.39, 0.29) is 18.1 Å². The van der Waals surface area contributed by atoms with Gasteiger partial charge in [0.1, 0.15) is 0 Å². The summed E-state index contributed by atoms with van der Waals surface area (Å²) < 4.78 is 21.5. The zero-order chi connectivity index (χ0) is 8.91. The maximum Gasteiger partial charge on any atom is 0.404 e. The van der Waals surface area contributed by atoms with E-state index in [1.54, 1.807) is 0 Å². The maximum absolute atomic E-state index is 10.7. The van der Waals surface area contributed by atoms with Crippen molar-refractivity contribution in [3.05, 3.63) is 0 Å². The van der Waals surface area contributed by atoms with Crippen LogP contribution < -0.4 is 5.32 Å². The van der Waals surface area contributed by atoms with Crippen molar-refractivity contribution in [3.63, 3.8) is 0 Å². The summed E-state index contributed by atoms with van der Waals surface area (Å²) in [4.78, 5) is 9.87. The summed E-state index contributed by atoms with van der Waals surface area (Å²) in [5, 5.41) is 10.1. The molecule has 0 unspecified atom stereocenters. The van der Waals surface area contributed by atoms with Gasteiger partial charge in [-0.25, -0.2) is 13.2 Å².